The van der Waals surface area contributed by atoms with Gasteiger partial charge in [0.2, 0.25) is 11.8 Å². The van der Waals surface area contributed by atoms with Gasteiger partial charge in [0.05, 0.1) is 11.4 Å². The number of benzene rings is 2. The van der Waals surface area contributed by atoms with Crippen molar-refractivity contribution in [1.82, 2.24) is 20.8 Å². The third-order valence-electron chi connectivity index (χ3n) is 5.36. The summed E-state index contributed by atoms with van der Waals surface area (Å²) in [5, 5.41) is 8.67. The van der Waals surface area contributed by atoms with Gasteiger partial charge >= 0.3 is 0 Å². The minimum absolute atomic E-state index is 0.143. The zero-order valence-electron chi connectivity index (χ0n) is 20.1. The molecule has 0 bridgehead atoms. The lowest BCUT2D eigenvalue weighted by atomic mass is 10.0. The van der Waals surface area contributed by atoms with Crippen molar-refractivity contribution < 1.29 is 9.59 Å². The Morgan fingerprint density at radius 2 is 0.973 bits per heavy atom. The molecule has 2 aromatic heterocycles. The average molecular weight is 491 g/mol. The highest BCUT2D eigenvalue weighted by Crippen LogP contribution is 2.11. The molecule has 2 aromatic carbocycles. The number of aromatic nitrogens is 2. The maximum Gasteiger partial charge on any atom is 0.240 e. The second-order valence-corrected chi connectivity index (χ2v) is 8.06. The highest BCUT2D eigenvalue weighted by Gasteiger charge is 2.11. The van der Waals surface area contributed by atoms with Crippen LogP contribution in [-0.4, -0.2) is 33.2 Å². The first-order valence-corrected chi connectivity index (χ1v) is 11.9. The van der Waals surface area contributed by atoms with Gasteiger partial charge in [0.1, 0.15) is 0 Å². The highest BCUT2D eigenvalue weighted by molar-refractivity contribution is 6.13. The third-order valence-corrected chi connectivity index (χ3v) is 5.36. The summed E-state index contributed by atoms with van der Waals surface area (Å²) in [5.74, 6) is -0.567. The van der Waals surface area contributed by atoms with Crippen LogP contribution in [0.25, 0.3) is 0 Å². The van der Waals surface area contributed by atoms with E-state index in [4.69, 9.17) is 0 Å². The van der Waals surface area contributed by atoms with Crippen molar-refractivity contribution in [3.8, 4) is 0 Å². The van der Waals surface area contributed by atoms with Crippen LogP contribution in [0.3, 0.4) is 0 Å². The van der Waals surface area contributed by atoms with Gasteiger partial charge in [-0.15, -0.1) is 0 Å². The van der Waals surface area contributed by atoms with Crippen LogP contribution in [0.2, 0.25) is 0 Å². The Hall–Kier alpha value is -4.98. The molecule has 8 heteroatoms. The summed E-state index contributed by atoms with van der Waals surface area (Å²) < 4.78 is 0. The average Bonchev–Trinajstić information content (AvgIpc) is 2.95. The summed E-state index contributed by atoms with van der Waals surface area (Å²) in [4.78, 5) is 33.1. The quantitative estimate of drug-likeness (QED) is 0.258. The maximum atomic E-state index is 12.4. The van der Waals surface area contributed by atoms with Crippen molar-refractivity contribution in [2.45, 2.75) is 19.3 Å². The van der Waals surface area contributed by atoms with E-state index >= 15 is 0 Å². The Morgan fingerprint density at radius 1 is 0.568 bits per heavy atom. The van der Waals surface area contributed by atoms with Crippen molar-refractivity contribution in [3.05, 3.63) is 132 Å². The van der Waals surface area contributed by atoms with Gasteiger partial charge in [0.25, 0.3) is 0 Å². The molecule has 0 aliphatic rings. The molecule has 8 nitrogen and oxygen atoms in total. The lowest BCUT2D eigenvalue weighted by Gasteiger charge is -2.08. The minimum atomic E-state index is -0.283. The van der Waals surface area contributed by atoms with E-state index in [9.17, 15) is 9.59 Å². The molecule has 0 fully saturated rings. The van der Waals surface area contributed by atoms with Gasteiger partial charge in [0, 0.05) is 59.9 Å². The molecule has 0 atom stereocenters. The van der Waals surface area contributed by atoms with Crippen molar-refractivity contribution in [1.29, 1.82) is 0 Å². The zero-order valence-corrected chi connectivity index (χ0v) is 20.1. The van der Waals surface area contributed by atoms with Gasteiger partial charge in [-0.25, -0.2) is 10.9 Å². The number of nitrogens with zero attached hydrogens (tertiary/aromatic N) is 4. The summed E-state index contributed by atoms with van der Waals surface area (Å²) in [7, 11) is 0. The first kappa shape index (κ1) is 25.1. The van der Waals surface area contributed by atoms with Crippen LogP contribution < -0.4 is 10.9 Å². The predicted molar refractivity (Wildman–Crippen MR) is 143 cm³/mol. The molecule has 4 rings (SSSR count). The Balaban J connectivity index is 1.33. The van der Waals surface area contributed by atoms with E-state index in [2.05, 4.69) is 31.0 Å². The molecule has 4 aromatic rings. The molecule has 0 unspecified atom stereocenters. The molecule has 37 heavy (non-hydrogen) atoms. The van der Waals surface area contributed by atoms with Gasteiger partial charge < -0.3 is 0 Å². The predicted octanol–water partition coefficient (Wildman–Crippen LogP) is 4.08. The largest absolute Gasteiger partial charge is 0.273 e. The molecular weight excluding hydrogens is 464 g/mol. The normalized spacial score (nSPS) is 11.6. The molecule has 0 aliphatic carbocycles. The van der Waals surface area contributed by atoms with E-state index < -0.39 is 0 Å². The van der Waals surface area contributed by atoms with Gasteiger partial charge in [-0.1, -0.05) is 60.7 Å². The van der Waals surface area contributed by atoms with Crippen LogP contribution in [0.5, 0.6) is 0 Å². The molecule has 184 valence electrons. The first-order chi connectivity index (χ1) is 18.2. The van der Waals surface area contributed by atoms with Crippen LogP contribution >= 0.6 is 0 Å². The minimum Gasteiger partial charge on any atom is -0.273 e. The maximum absolute atomic E-state index is 12.4. The second kappa shape index (κ2) is 13.2. The van der Waals surface area contributed by atoms with Gasteiger partial charge in [-0.3, -0.25) is 19.6 Å². The molecule has 0 radical (unpaired) electrons. The molecule has 2 heterocycles. The zero-order chi connectivity index (χ0) is 25.7. The number of hydrazone groups is 2. The second-order valence-electron chi connectivity index (χ2n) is 8.06. The van der Waals surface area contributed by atoms with Crippen LogP contribution in [0.1, 0.15) is 41.5 Å². The van der Waals surface area contributed by atoms with E-state index in [0.717, 1.165) is 22.3 Å². The van der Waals surface area contributed by atoms with E-state index in [1.165, 1.54) is 0 Å². The van der Waals surface area contributed by atoms with Gasteiger partial charge in [-0.05, 0) is 30.7 Å². The smallest absolute Gasteiger partial charge is 0.240 e. The van der Waals surface area contributed by atoms with Crippen molar-refractivity contribution in [3.63, 3.8) is 0 Å². The monoisotopic (exact) mass is 490 g/mol. The Kier molecular flexibility index (Phi) is 8.96. The van der Waals surface area contributed by atoms with Crippen LogP contribution in [-0.2, 0) is 9.59 Å². The number of hydrogen-bond acceptors (Lipinski definition) is 6. The van der Waals surface area contributed by atoms with Crippen LogP contribution in [0, 0.1) is 0 Å². The third kappa shape index (κ3) is 7.50. The van der Waals surface area contributed by atoms with Gasteiger partial charge in [-0.2, -0.15) is 10.2 Å². The summed E-state index contributed by atoms with van der Waals surface area (Å²) in [6, 6.07) is 26.5. The summed E-state index contributed by atoms with van der Waals surface area (Å²) in [6.07, 6.45) is 7.38. The lowest BCUT2D eigenvalue weighted by molar-refractivity contribution is -0.122. The van der Waals surface area contributed by atoms with E-state index in [1.54, 1.807) is 24.8 Å². The molecule has 0 aliphatic heterocycles. The topological polar surface area (TPSA) is 109 Å². The summed E-state index contributed by atoms with van der Waals surface area (Å²) >= 11 is 0. The van der Waals surface area contributed by atoms with E-state index in [0.29, 0.717) is 17.8 Å². The first-order valence-electron chi connectivity index (χ1n) is 11.9. The Bertz CT molecular complexity index is 1170. The number of amides is 2. The van der Waals surface area contributed by atoms with Crippen molar-refractivity contribution >= 4 is 23.2 Å². The fourth-order valence-electron chi connectivity index (χ4n) is 3.55. The van der Waals surface area contributed by atoms with E-state index in [-0.39, 0.29) is 24.7 Å². The number of rotatable bonds is 10. The van der Waals surface area contributed by atoms with Crippen molar-refractivity contribution in [2.75, 3.05) is 0 Å². The fourth-order valence-corrected chi connectivity index (χ4v) is 3.55. The number of nitrogens with one attached hydrogen (secondary N) is 2. The molecule has 0 saturated heterocycles. The fraction of sp³-hybridized carbons (Fsp3) is 0.103. The number of pyridine rings is 2. The number of carbonyl (C=O) groups excluding carboxylic acids is 2. The van der Waals surface area contributed by atoms with Crippen LogP contribution in [0.15, 0.2) is 120 Å². The molecule has 0 saturated carbocycles. The lowest BCUT2D eigenvalue weighted by Crippen LogP contribution is -2.23. The van der Waals surface area contributed by atoms with E-state index in [1.807, 2.05) is 84.9 Å². The molecular formula is C29H26N6O2. The summed E-state index contributed by atoms with van der Waals surface area (Å²) in [6.45, 7) is 0. The SMILES string of the molecule is O=C(CCCC(=O)N/N=C(\c1ccccc1)c1cccnc1)N/N=C(/c1ccccc1)c1cccnc1. The van der Waals surface area contributed by atoms with Crippen LogP contribution in [0.4, 0.5) is 0 Å². The molecule has 2 N–H and O–H groups in total. The highest BCUT2D eigenvalue weighted by atomic mass is 16.2. The van der Waals surface area contributed by atoms with Gasteiger partial charge in [0.15, 0.2) is 0 Å². The number of hydrogen-bond donors (Lipinski definition) is 2. The molecule has 2 amide bonds. The Morgan fingerprint density at radius 3 is 1.35 bits per heavy atom. The number of carbonyl (C=O) groups is 2. The van der Waals surface area contributed by atoms with Crippen molar-refractivity contribution in [2.24, 2.45) is 10.2 Å². The summed E-state index contributed by atoms with van der Waals surface area (Å²) in [5.41, 5.74) is 9.71. The Labute approximate surface area is 215 Å². The molecule has 0 spiro atoms. The standard InChI is InChI=1S/C29H26N6O2/c36-26(32-34-28(22-10-3-1-4-11-22)24-14-8-18-30-20-24)16-7-17-27(37)33-35-29(23-12-5-2-6-13-23)25-15-9-19-31-21-25/h1-6,8-15,18-21H,7,16-17H2,(H,32,36)(H,33,37)/b34-28-,35-29+.